The Balaban J connectivity index is 0.000000245. The molecule has 24 heavy (non-hydrogen) atoms. The molecular formula is C23H20Zr. The van der Waals surface area contributed by atoms with Crippen LogP contribution in [0, 0.1) is 18.1 Å². The van der Waals surface area contributed by atoms with Crippen LogP contribution in [0.1, 0.15) is 36.3 Å². The fourth-order valence-corrected chi connectivity index (χ4v) is 3.83. The van der Waals surface area contributed by atoms with E-state index in [0.29, 0.717) is 11.8 Å². The molecule has 0 aliphatic heterocycles. The Kier molecular flexibility index (Phi) is 5.85. The predicted octanol–water partition coefficient (Wildman–Crippen LogP) is 5.87. The Hall–Kier alpha value is -1.46. The van der Waals surface area contributed by atoms with Crippen molar-refractivity contribution in [2.45, 2.75) is 25.2 Å². The van der Waals surface area contributed by atoms with Crippen molar-refractivity contribution in [1.82, 2.24) is 0 Å². The molecule has 0 nitrogen and oxygen atoms in total. The molecule has 0 spiro atoms. The van der Waals surface area contributed by atoms with E-state index < -0.39 is 0 Å². The van der Waals surface area contributed by atoms with Gasteiger partial charge in [-0.3, -0.25) is 6.08 Å². The molecule has 2 unspecified atom stereocenters. The fraction of sp³-hybridized carbons (Fsp3) is 0.217. The maximum atomic E-state index is 3.49. The maximum absolute atomic E-state index is 3.49. The van der Waals surface area contributed by atoms with Crippen molar-refractivity contribution < 1.29 is 26.2 Å². The molecule has 0 heterocycles. The Labute approximate surface area is 164 Å². The monoisotopic (exact) mass is 386 g/mol. The van der Waals surface area contributed by atoms with E-state index in [4.69, 9.17) is 0 Å². The second-order valence-electron chi connectivity index (χ2n) is 6.23. The molecule has 3 aliphatic carbocycles. The van der Waals surface area contributed by atoms with Crippen LogP contribution >= 0.6 is 0 Å². The zero-order chi connectivity index (χ0) is 15.5. The topological polar surface area (TPSA) is 0 Å². The summed E-state index contributed by atoms with van der Waals surface area (Å²) in [5.74, 6) is 1.18. The van der Waals surface area contributed by atoms with Gasteiger partial charge in [-0.05, 0) is 30.2 Å². The number of hydrogen-bond acceptors (Lipinski definition) is 0. The van der Waals surface area contributed by atoms with Gasteiger partial charge in [-0.15, -0.1) is 17.5 Å². The van der Waals surface area contributed by atoms with Crippen LogP contribution in [0.2, 0.25) is 0 Å². The van der Waals surface area contributed by atoms with Crippen LogP contribution < -0.4 is 0 Å². The van der Waals surface area contributed by atoms with Crippen molar-refractivity contribution in [1.29, 1.82) is 0 Å². The van der Waals surface area contributed by atoms with Crippen molar-refractivity contribution in [2.75, 3.05) is 0 Å². The summed E-state index contributed by atoms with van der Waals surface area (Å²) in [5.41, 5.74) is 5.69. The van der Waals surface area contributed by atoms with E-state index in [0.717, 1.165) is 6.42 Å². The van der Waals surface area contributed by atoms with Crippen molar-refractivity contribution in [3.63, 3.8) is 0 Å². The molecule has 5 rings (SSSR count). The standard InChI is InChI=1S/C18H15.C5H5.Zr/c1-2-8-13(7-1)18-16-11-5-3-9-14(16)15-10-4-6-12-17(15)18;1-2-4-5-3-1;/h1,3-7,9-11,13,18H,2,8H2;1-3H,4H2;/q2*-1;+2. The molecule has 0 saturated carbocycles. The van der Waals surface area contributed by atoms with Gasteiger partial charge in [0.15, 0.2) is 0 Å². The first-order chi connectivity index (χ1) is 11.4. The summed E-state index contributed by atoms with van der Waals surface area (Å²) in [6.07, 6.45) is 17.2. The van der Waals surface area contributed by atoms with Crippen molar-refractivity contribution in [3.8, 4) is 11.1 Å². The zero-order valence-electron chi connectivity index (χ0n) is 13.7. The van der Waals surface area contributed by atoms with E-state index >= 15 is 0 Å². The summed E-state index contributed by atoms with van der Waals surface area (Å²) in [6.45, 7) is 0. The van der Waals surface area contributed by atoms with Gasteiger partial charge in [-0.1, -0.05) is 42.0 Å². The fourth-order valence-electron chi connectivity index (χ4n) is 3.83. The van der Waals surface area contributed by atoms with E-state index in [1.165, 1.54) is 35.1 Å². The molecular weight excluding hydrogens is 367 g/mol. The first kappa shape index (κ1) is 17.4. The minimum absolute atomic E-state index is 0. The summed E-state index contributed by atoms with van der Waals surface area (Å²) >= 11 is 0. The number of hydrogen-bond donors (Lipinski definition) is 0. The van der Waals surface area contributed by atoms with Crippen LogP contribution in [-0.2, 0) is 26.2 Å². The first-order valence-corrected chi connectivity index (χ1v) is 8.43. The largest absolute Gasteiger partial charge is 2.00 e. The molecule has 0 saturated heterocycles. The van der Waals surface area contributed by atoms with Gasteiger partial charge in [0.25, 0.3) is 0 Å². The second kappa shape index (κ2) is 8.08. The summed E-state index contributed by atoms with van der Waals surface area (Å²) in [6, 6.07) is 18.7. The van der Waals surface area contributed by atoms with Gasteiger partial charge in [-0.25, -0.2) is 12.2 Å². The van der Waals surface area contributed by atoms with E-state index in [2.05, 4.69) is 72.8 Å². The first-order valence-electron chi connectivity index (χ1n) is 8.43. The smallest absolute Gasteiger partial charge is 0.273 e. The molecule has 2 aromatic rings. The molecule has 0 radical (unpaired) electrons. The molecule has 1 heteroatoms. The summed E-state index contributed by atoms with van der Waals surface area (Å²) in [4.78, 5) is 0. The number of benzene rings is 2. The molecule has 0 amide bonds. The Morgan fingerprint density at radius 3 is 2.54 bits per heavy atom. The summed E-state index contributed by atoms with van der Waals surface area (Å²) in [7, 11) is 0. The molecule has 0 aromatic heterocycles. The van der Waals surface area contributed by atoms with E-state index in [1.807, 2.05) is 12.2 Å². The Bertz CT molecular complexity index is 727. The van der Waals surface area contributed by atoms with Gasteiger partial charge in [0.05, 0.1) is 0 Å². The third-order valence-corrected chi connectivity index (χ3v) is 4.85. The number of rotatable bonds is 1. The van der Waals surface area contributed by atoms with Crippen molar-refractivity contribution >= 4 is 0 Å². The van der Waals surface area contributed by atoms with Gasteiger partial charge in [0, 0.05) is 0 Å². The average molecular weight is 388 g/mol. The Morgan fingerprint density at radius 1 is 0.958 bits per heavy atom. The quantitative estimate of drug-likeness (QED) is 0.424. The van der Waals surface area contributed by atoms with Crippen LogP contribution in [0.5, 0.6) is 0 Å². The van der Waals surface area contributed by atoms with Gasteiger partial charge < -0.3 is 0 Å². The minimum atomic E-state index is 0. The molecule has 2 atom stereocenters. The van der Waals surface area contributed by atoms with E-state index in [-0.39, 0.29) is 26.2 Å². The van der Waals surface area contributed by atoms with Crippen molar-refractivity contribution in [2.24, 2.45) is 5.92 Å². The second-order valence-corrected chi connectivity index (χ2v) is 6.23. The average Bonchev–Trinajstić information content (AvgIpc) is 3.35. The maximum Gasteiger partial charge on any atom is 2.00 e. The molecule has 0 bridgehead atoms. The predicted molar refractivity (Wildman–Crippen MR) is 96.0 cm³/mol. The SMILES string of the molecule is [C-]1=CC=CC1.[Zr+2].[c-]1cccc2c1C(C1C=CCC1)c1ccccc1-2. The summed E-state index contributed by atoms with van der Waals surface area (Å²) < 4.78 is 0. The van der Waals surface area contributed by atoms with Crippen LogP contribution in [-0.4, -0.2) is 0 Å². The Morgan fingerprint density at radius 2 is 1.83 bits per heavy atom. The van der Waals surface area contributed by atoms with Gasteiger partial charge in [0.2, 0.25) is 0 Å². The number of fused-ring (bicyclic) bond motifs is 3. The van der Waals surface area contributed by atoms with Crippen LogP contribution in [0.15, 0.2) is 72.8 Å². The van der Waals surface area contributed by atoms with E-state index in [1.54, 1.807) is 0 Å². The van der Waals surface area contributed by atoms with Crippen LogP contribution in [0.25, 0.3) is 11.1 Å². The molecule has 0 fully saturated rings. The van der Waals surface area contributed by atoms with E-state index in [9.17, 15) is 0 Å². The third-order valence-electron chi connectivity index (χ3n) is 4.85. The molecule has 3 aliphatic rings. The van der Waals surface area contributed by atoms with Crippen molar-refractivity contribution in [3.05, 3.63) is 96.1 Å². The summed E-state index contributed by atoms with van der Waals surface area (Å²) in [5, 5.41) is 0. The molecule has 2 aromatic carbocycles. The van der Waals surface area contributed by atoms with Crippen LogP contribution in [0.4, 0.5) is 0 Å². The van der Waals surface area contributed by atoms with Crippen LogP contribution in [0.3, 0.4) is 0 Å². The normalized spacial score (nSPS) is 21.7. The van der Waals surface area contributed by atoms with Gasteiger partial charge in [0.1, 0.15) is 0 Å². The number of allylic oxidation sites excluding steroid dienone is 6. The molecule has 0 N–H and O–H groups in total. The minimum Gasteiger partial charge on any atom is -0.273 e. The van der Waals surface area contributed by atoms with Gasteiger partial charge in [-0.2, -0.15) is 30.3 Å². The zero-order valence-corrected chi connectivity index (χ0v) is 16.2. The van der Waals surface area contributed by atoms with Gasteiger partial charge >= 0.3 is 26.2 Å². The third kappa shape index (κ3) is 3.33. The molecule has 116 valence electrons.